The summed E-state index contributed by atoms with van der Waals surface area (Å²) in [4.78, 5) is 8.43. The summed E-state index contributed by atoms with van der Waals surface area (Å²) in [5, 5.41) is 7.29. The zero-order valence-electron chi connectivity index (χ0n) is 13.6. The topological polar surface area (TPSA) is 101 Å². The standard InChI is InChI=1S/C16H16ClN5O2S/c1-10-13(17)4-3-5-14(10)25(23,24)22-11(2)15-19-16(21-20-15)12-6-8-18-9-7-12/h3-9,11,22H,1-2H3,(H,19,20,21)/t11-/m0/s1. The van der Waals surface area contributed by atoms with Gasteiger partial charge in [0.15, 0.2) is 5.82 Å². The van der Waals surface area contributed by atoms with Crippen molar-refractivity contribution in [1.29, 1.82) is 0 Å². The minimum Gasteiger partial charge on any atom is -0.265 e. The Kier molecular flexibility index (Phi) is 4.85. The third-order valence-electron chi connectivity index (χ3n) is 3.69. The van der Waals surface area contributed by atoms with Crippen LogP contribution in [0.2, 0.25) is 5.02 Å². The maximum absolute atomic E-state index is 12.6. The SMILES string of the molecule is Cc1c(Cl)cccc1S(=O)(=O)N[C@@H](C)c1nc(-c2ccncc2)n[nH]1. The van der Waals surface area contributed by atoms with Crippen LogP contribution >= 0.6 is 11.6 Å². The van der Waals surface area contributed by atoms with E-state index in [1.807, 2.05) is 0 Å². The number of nitrogens with zero attached hydrogens (tertiary/aromatic N) is 3. The minimum absolute atomic E-state index is 0.140. The summed E-state index contributed by atoms with van der Waals surface area (Å²) in [6.07, 6.45) is 3.28. The van der Waals surface area contributed by atoms with E-state index >= 15 is 0 Å². The van der Waals surface area contributed by atoms with Crippen LogP contribution in [0, 0.1) is 6.92 Å². The summed E-state index contributed by atoms with van der Waals surface area (Å²) in [7, 11) is -3.75. The quantitative estimate of drug-likeness (QED) is 0.712. The number of sulfonamides is 1. The van der Waals surface area contributed by atoms with Crippen LogP contribution in [-0.4, -0.2) is 28.6 Å². The van der Waals surface area contributed by atoms with Crippen LogP contribution in [0.4, 0.5) is 0 Å². The van der Waals surface area contributed by atoms with Crippen molar-refractivity contribution in [2.45, 2.75) is 24.8 Å². The fraction of sp³-hybridized carbons (Fsp3) is 0.188. The Hall–Kier alpha value is -2.29. The van der Waals surface area contributed by atoms with Crippen molar-refractivity contribution in [2.75, 3.05) is 0 Å². The molecule has 0 aliphatic rings. The smallest absolute Gasteiger partial charge is 0.241 e. The molecular weight excluding hydrogens is 362 g/mol. The van der Waals surface area contributed by atoms with Gasteiger partial charge in [-0.1, -0.05) is 17.7 Å². The molecule has 9 heteroatoms. The lowest BCUT2D eigenvalue weighted by Crippen LogP contribution is -2.28. The molecule has 2 heterocycles. The Balaban J connectivity index is 1.84. The van der Waals surface area contributed by atoms with Gasteiger partial charge in [-0.3, -0.25) is 10.1 Å². The summed E-state index contributed by atoms with van der Waals surface area (Å²) in [6, 6.07) is 7.72. The average Bonchev–Trinajstić information content (AvgIpc) is 3.08. The summed E-state index contributed by atoms with van der Waals surface area (Å²) in [6.45, 7) is 3.35. The van der Waals surface area contributed by atoms with Crippen molar-refractivity contribution in [3.63, 3.8) is 0 Å². The molecule has 1 atom stereocenters. The van der Waals surface area contributed by atoms with E-state index < -0.39 is 16.1 Å². The lowest BCUT2D eigenvalue weighted by Gasteiger charge is -2.14. The lowest BCUT2D eigenvalue weighted by molar-refractivity contribution is 0.560. The number of pyridine rings is 1. The minimum atomic E-state index is -3.75. The highest BCUT2D eigenvalue weighted by molar-refractivity contribution is 7.89. The molecule has 7 nitrogen and oxygen atoms in total. The molecule has 0 saturated carbocycles. The number of aromatic nitrogens is 4. The van der Waals surface area contributed by atoms with E-state index in [2.05, 4.69) is 24.9 Å². The van der Waals surface area contributed by atoms with Crippen LogP contribution in [0.3, 0.4) is 0 Å². The van der Waals surface area contributed by atoms with Gasteiger partial charge in [-0.2, -0.15) is 5.10 Å². The van der Waals surface area contributed by atoms with E-state index in [0.717, 1.165) is 5.56 Å². The van der Waals surface area contributed by atoms with Crippen LogP contribution in [0.1, 0.15) is 24.4 Å². The molecule has 0 unspecified atom stereocenters. The molecule has 130 valence electrons. The number of hydrogen-bond donors (Lipinski definition) is 2. The molecule has 0 aliphatic heterocycles. The highest BCUT2D eigenvalue weighted by atomic mass is 35.5. The summed E-state index contributed by atoms with van der Waals surface area (Å²) < 4.78 is 27.8. The zero-order chi connectivity index (χ0) is 18.0. The molecule has 0 aliphatic carbocycles. The molecule has 2 N–H and O–H groups in total. The first-order chi connectivity index (χ1) is 11.9. The van der Waals surface area contributed by atoms with Crippen LogP contribution in [0.15, 0.2) is 47.6 Å². The van der Waals surface area contributed by atoms with Crippen molar-refractivity contribution in [3.8, 4) is 11.4 Å². The Morgan fingerprint density at radius 1 is 1.20 bits per heavy atom. The fourth-order valence-electron chi connectivity index (χ4n) is 2.33. The number of halogens is 1. The maximum Gasteiger partial charge on any atom is 0.241 e. The molecule has 2 aromatic heterocycles. The van der Waals surface area contributed by atoms with Gasteiger partial charge >= 0.3 is 0 Å². The number of hydrogen-bond acceptors (Lipinski definition) is 5. The molecule has 0 bridgehead atoms. The van der Waals surface area contributed by atoms with Gasteiger partial charge < -0.3 is 0 Å². The highest BCUT2D eigenvalue weighted by Crippen LogP contribution is 2.24. The van der Waals surface area contributed by atoms with Gasteiger partial charge in [-0.15, -0.1) is 0 Å². The predicted molar refractivity (Wildman–Crippen MR) is 94.5 cm³/mol. The molecule has 25 heavy (non-hydrogen) atoms. The Labute approximate surface area is 150 Å². The van der Waals surface area contributed by atoms with Gasteiger partial charge in [0.25, 0.3) is 0 Å². The molecule has 0 radical (unpaired) electrons. The predicted octanol–water partition coefficient (Wildman–Crippen LogP) is 2.87. The van der Waals surface area contributed by atoms with Crippen molar-refractivity contribution < 1.29 is 8.42 Å². The Bertz CT molecular complexity index is 989. The van der Waals surface area contributed by atoms with E-state index in [0.29, 0.717) is 22.2 Å². The van der Waals surface area contributed by atoms with Gasteiger partial charge in [-0.05, 0) is 43.7 Å². The van der Waals surface area contributed by atoms with E-state index in [1.54, 1.807) is 50.5 Å². The van der Waals surface area contributed by atoms with Crippen LogP contribution in [0.5, 0.6) is 0 Å². The molecule has 0 saturated heterocycles. The van der Waals surface area contributed by atoms with Gasteiger partial charge in [0.05, 0.1) is 10.9 Å². The van der Waals surface area contributed by atoms with Crippen molar-refractivity contribution in [2.24, 2.45) is 0 Å². The normalized spacial score (nSPS) is 12.9. The molecule has 0 fully saturated rings. The first-order valence-corrected chi connectivity index (χ1v) is 9.35. The van der Waals surface area contributed by atoms with E-state index in [4.69, 9.17) is 11.6 Å². The van der Waals surface area contributed by atoms with Crippen LogP contribution in [-0.2, 0) is 10.0 Å². The van der Waals surface area contributed by atoms with Crippen molar-refractivity contribution >= 4 is 21.6 Å². The molecule has 3 rings (SSSR count). The summed E-state index contributed by atoms with van der Waals surface area (Å²) >= 11 is 6.02. The van der Waals surface area contributed by atoms with Crippen LogP contribution < -0.4 is 4.72 Å². The van der Waals surface area contributed by atoms with Gasteiger partial charge in [0.2, 0.25) is 10.0 Å². The average molecular weight is 378 g/mol. The second kappa shape index (κ2) is 6.91. The molecule has 1 aromatic carbocycles. The van der Waals surface area contributed by atoms with E-state index in [9.17, 15) is 8.42 Å². The molecule has 0 spiro atoms. The lowest BCUT2D eigenvalue weighted by atomic mass is 10.2. The monoisotopic (exact) mass is 377 g/mol. The summed E-state index contributed by atoms with van der Waals surface area (Å²) in [5.74, 6) is 0.887. The van der Waals surface area contributed by atoms with E-state index in [1.165, 1.54) is 6.07 Å². The third kappa shape index (κ3) is 3.71. The third-order valence-corrected chi connectivity index (χ3v) is 5.79. The number of H-pyrrole nitrogens is 1. The Morgan fingerprint density at radius 2 is 1.92 bits per heavy atom. The maximum atomic E-state index is 12.6. The van der Waals surface area contributed by atoms with Gasteiger partial charge in [0, 0.05) is 23.0 Å². The van der Waals surface area contributed by atoms with E-state index in [-0.39, 0.29) is 4.90 Å². The molecule has 0 amide bonds. The Morgan fingerprint density at radius 3 is 2.64 bits per heavy atom. The number of benzene rings is 1. The summed E-state index contributed by atoms with van der Waals surface area (Å²) in [5.41, 5.74) is 1.29. The van der Waals surface area contributed by atoms with Crippen molar-refractivity contribution in [1.82, 2.24) is 24.9 Å². The first-order valence-electron chi connectivity index (χ1n) is 7.48. The van der Waals surface area contributed by atoms with Crippen molar-refractivity contribution in [3.05, 3.63) is 59.1 Å². The second-order valence-corrected chi connectivity index (χ2v) is 7.58. The second-order valence-electron chi connectivity index (χ2n) is 5.49. The first kappa shape index (κ1) is 17.5. The highest BCUT2D eigenvalue weighted by Gasteiger charge is 2.23. The molecular formula is C16H16ClN5O2S. The van der Waals surface area contributed by atoms with Gasteiger partial charge in [0.1, 0.15) is 5.82 Å². The molecule has 3 aromatic rings. The fourth-order valence-corrected chi connectivity index (χ4v) is 4.03. The largest absolute Gasteiger partial charge is 0.265 e. The van der Waals surface area contributed by atoms with Gasteiger partial charge in [-0.25, -0.2) is 18.1 Å². The number of nitrogens with one attached hydrogen (secondary N) is 2. The number of rotatable bonds is 5. The zero-order valence-corrected chi connectivity index (χ0v) is 15.1. The number of aromatic amines is 1. The van der Waals surface area contributed by atoms with Crippen LogP contribution in [0.25, 0.3) is 11.4 Å².